The van der Waals surface area contributed by atoms with Crippen LogP contribution in [0, 0.1) is 0 Å². The van der Waals surface area contributed by atoms with Gasteiger partial charge in [0, 0.05) is 12.4 Å². The molecule has 0 radical (unpaired) electrons. The van der Waals surface area contributed by atoms with Gasteiger partial charge >= 0.3 is 35.8 Å². The van der Waals surface area contributed by atoms with E-state index >= 15 is 0 Å². The highest BCUT2D eigenvalue weighted by Crippen LogP contribution is 2.29. The Balaban J connectivity index is 0.844. The Morgan fingerprint density at radius 2 is 0.481 bits per heavy atom. The van der Waals surface area contributed by atoms with Crippen LogP contribution in [0.1, 0.15) is 276 Å². The van der Waals surface area contributed by atoms with Gasteiger partial charge in [-0.25, -0.2) is 28.8 Å². The molecule has 14 nitrogen and oxygen atoms in total. The maximum Gasteiger partial charge on any atom is 0.345 e. The average Bonchev–Trinajstić information content (AvgIpc) is 0.842. The summed E-state index contributed by atoms with van der Waals surface area (Å²) in [5.41, 5.74) is 8.75. The van der Waals surface area contributed by atoms with Crippen LogP contribution in [-0.4, -0.2) is 74.7 Å². The summed E-state index contributed by atoms with van der Waals surface area (Å²) in [6, 6.07) is 51.6. The maximum absolute atomic E-state index is 13.3. The number of unbranched alkanes of at least 4 members (excludes halogenated alkanes) is 28. The van der Waals surface area contributed by atoms with Crippen LogP contribution in [0.15, 0.2) is 191 Å². The lowest BCUT2D eigenvalue weighted by Crippen LogP contribution is -2.19. The number of ether oxygens (including phenoxy) is 6. The normalized spacial score (nSPS) is 11.1. The third kappa shape index (κ3) is 33.1. The molecule has 574 valence electrons. The molecular weight excluding hydrogens is 1350 g/mol. The van der Waals surface area contributed by atoms with Crippen molar-refractivity contribution in [2.24, 2.45) is 9.98 Å². The van der Waals surface area contributed by atoms with Crippen molar-refractivity contribution in [2.75, 3.05) is 26.4 Å². The van der Waals surface area contributed by atoms with E-state index in [0.29, 0.717) is 33.8 Å². The second-order valence-corrected chi connectivity index (χ2v) is 27.9. The Morgan fingerprint density at radius 1 is 0.259 bits per heavy atom. The van der Waals surface area contributed by atoms with Gasteiger partial charge in [-0.05, 0) is 179 Å². The Morgan fingerprint density at radius 3 is 0.731 bits per heavy atom. The SMILES string of the molecule is CCCCCCCCCCOC(=O)C(=Cc1ccc(C(=O)Oc2ccc(C=Nc3ccc(-c4ccc(-c5ccc(N=Cc6ccc(OC(=O)c7ccc(C=C(C(=O)OCCCCCCCCCC)C(=O)OCCCCCCCCCC)cc7)cc6)cc5)cc4)cc3)cc2)cc1)C(=O)OCCCCCCCCCC. The summed E-state index contributed by atoms with van der Waals surface area (Å²) in [7, 11) is 0. The highest BCUT2D eigenvalue weighted by Gasteiger charge is 2.24. The second-order valence-electron chi connectivity index (χ2n) is 27.9. The van der Waals surface area contributed by atoms with Crippen molar-refractivity contribution in [1.82, 2.24) is 0 Å². The first-order chi connectivity index (χ1) is 52.9. The number of hydrogen-bond donors (Lipinski definition) is 0. The molecule has 0 bridgehead atoms. The van der Waals surface area contributed by atoms with Gasteiger partial charge in [-0.15, -0.1) is 0 Å². The summed E-state index contributed by atoms with van der Waals surface area (Å²) < 4.78 is 33.8. The van der Waals surface area contributed by atoms with E-state index in [-0.39, 0.29) is 37.6 Å². The topological polar surface area (TPSA) is 183 Å². The summed E-state index contributed by atoms with van der Waals surface area (Å²) >= 11 is 0. The molecule has 0 saturated heterocycles. The van der Waals surface area contributed by atoms with E-state index in [2.05, 4.69) is 61.9 Å². The van der Waals surface area contributed by atoms with Crippen molar-refractivity contribution in [2.45, 2.75) is 233 Å². The van der Waals surface area contributed by atoms with Gasteiger partial charge in [0.05, 0.1) is 48.9 Å². The highest BCUT2D eigenvalue weighted by atomic mass is 16.6. The first kappa shape index (κ1) is 85.4. The largest absolute Gasteiger partial charge is 0.462 e. The molecule has 0 unspecified atom stereocenters. The zero-order chi connectivity index (χ0) is 76.4. The summed E-state index contributed by atoms with van der Waals surface area (Å²) in [5.74, 6) is -3.25. The number of carbonyl (C=O) groups excluding carboxylic acids is 6. The van der Waals surface area contributed by atoms with Gasteiger partial charge in [0.15, 0.2) is 0 Å². The molecule has 0 spiro atoms. The van der Waals surface area contributed by atoms with Crippen molar-refractivity contribution in [3.8, 4) is 33.8 Å². The lowest BCUT2D eigenvalue weighted by Gasteiger charge is -2.10. The minimum atomic E-state index is -0.716. The van der Waals surface area contributed by atoms with Crippen molar-refractivity contribution in [3.05, 3.63) is 214 Å². The van der Waals surface area contributed by atoms with Crippen LogP contribution in [-0.2, 0) is 38.1 Å². The molecule has 7 aromatic carbocycles. The number of benzene rings is 7. The van der Waals surface area contributed by atoms with Crippen LogP contribution >= 0.6 is 0 Å². The summed E-state index contributed by atoms with van der Waals surface area (Å²) in [6.07, 6.45) is 41.9. The van der Waals surface area contributed by atoms with E-state index in [4.69, 9.17) is 28.4 Å². The van der Waals surface area contributed by atoms with Gasteiger partial charge in [0.25, 0.3) is 0 Å². The van der Waals surface area contributed by atoms with Crippen LogP contribution in [0.4, 0.5) is 11.4 Å². The molecule has 0 amide bonds. The van der Waals surface area contributed by atoms with Gasteiger partial charge in [-0.2, -0.15) is 0 Å². The molecule has 0 N–H and O–H groups in total. The molecule has 0 aliphatic heterocycles. The van der Waals surface area contributed by atoms with Crippen molar-refractivity contribution >= 4 is 71.8 Å². The minimum Gasteiger partial charge on any atom is -0.462 e. The first-order valence-electron chi connectivity index (χ1n) is 40.3. The molecule has 0 fully saturated rings. The Bertz CT molecular complexity index is 3560. The number of hydrogen-bond acceptors (Lipinski definition) is 14. The van der Waals surface area contributed by atoms with Gasteiger partial charge < -0.3 is 28.4 Å². The molecule has 14 heteroatoms. The van der Waals surface area contributed by atoms with Crippen LogP contribution in [0.5, 0.6) is 11.5 Å². The van der Waals surface area contributed by atoms with E-state index < -0.39 is 35.8 Å². The smallest absolute Gasteiger partial charge is 0.345 e. The molecule has 108 heavy (non-hydrogen) atoms. The van der Waals surface area contributed by atoms with Gasteiger partial charge in [0.1, 0.15) is 22.6 Å². The van der Waals surface area contributed by atoms with E-state index in [9.17, 15) is 28.8 Å². The second kappa shape index (κ2) is 51.5. The quantitative estimate of drug-likeness (QED) is 0.00515. The van der Waals surface area contributed by atoms with Gasteiger partial charge in [0.2, 0.25) is 0 Å². The molecule has 7 aromatic rings. The number of nitrogens with zero attached hydrogens (tertiary/aromatic N) is 2. The molecule has 7 rings (SSSR count). The molecule has 0 saturated carbocycles. The Labute approximate surface area is 643 Å². The fourth-order valence-electron chi connectivity index (χ4n) is 12.3. The third-order valence-electron chi connectivity index (χ3n) is 18.9. The van der Waals surface area contributed by atoms with Crippen LogP contribution < -0.4 is 9.47 Å². The van der Waals surface area contributed by atoms with E-state index in [0.717, 1.165) is 147 Å². The van der Waals surface area contributed by atoms with E-state index in [1.165, 1.54) is 115 Å². The Hall–Kier alpha value is -9.82. The molecule has 0 atom stereocenters. The van der Waals surface area contributed by atoms with Gasteiger partial charge in [-0.1, -0.05) is 280 Å². The van der Waals surface area contributed by atoms with Crippen molar-refractivity contribution in [3.63, 3.8) is 0 Å². The fourth-order valence-corrected chi connectivity index (χ4v) is 12.3. The average molecular weight is 1470 g/mol. The van der Waals surface area contributed by atoms with E-state index in [1.54, 1.807) is 85.2 Å². The van der Waals surface area contributed by atoms with Crippen LogP contribution in [0.2, 0.25) is 0 Å². The van der Waals surface area contributed by atoms with Crippen LogP contribution in [0.3, 0.4) is 0 Å². The zero-order valence-electron chi connectivity index (χ0n) is 64.7. The molecule has 0 aliphatic carbocycles. The summed E-state index contributed by atoms with van der Waals surface area (Å²) in [6.45, 7) is 9.73. The minimum absolute atomic E-state index is 0.175. The maximum atomic E-state index is 13.3. The summed E-state index contributed by atoms with van der Waals surface area (Å²) in [4.78, 5) is 89.2. The standard InChI is InChI=1S/C94H116N2O12/c1-5-9-13-17-21-25-29-33-65-103-91(99)87(92(100)104-66-34-30-26-22-18-14-10-6-2)69-73-37-45-81(46-38-73)89(97)107-85-61-41-75(42-62-85)71-95-83-57-53-79(54-58-83)77-49-51-78(52-50-77)80-55-59-84(60-56-80)96-72-76-43-63-86(64-44-76)108-90(98)82-47-39-74(40-48-82)70-88(93(101)105-67-35-31-27-23-19-15-11-7-3)94(102)106-68-36-32-28-24-20-16-12-8-4/h37-64,69-72H,5-36,65-68H2,1-4H3. The summed E-state index contributed by atoms with van der Waals surface area (Å²) in [5, 5.41) is 0. The van der Waals surface area contributed by atoms with Crippen molar-refractivity contribution < 1.29 is 57.2 Å². The zero-order valence-corrected chi connectivity index (χ0v) is 64.7. The lowest BCUT2D eigenvalue weighted by atomic mass is 10.00. The molecular formula is C94H116N2O12. The van der Waals surface area contributed by atoms with Crippen molar-refractivity contribution in [1.29, 1.82) is 0 Å². The predicted molar refractivity (Wildman–Crippen MR) is 438 cm³/mol. The monoisotopic (exact) mass is 1460 g/mol. The molecule has 0 heterocycles. The number of esters is 6. The predicted octanol–water partition coefficient (Wildman–Crippen LogP) is 24.5. The molecule has 0 aliphatic rings. The highest BCUT2D eigenvalue weighted by molar-refractivity contribution is 6.18. The van der Waals surface area contributed by atoms with Gasteiger partial charge in [-0.3, -0.25) is 9.98 Å². The number of carbonyl (C=O) groups is 6. The molecule has 0 aromatic heterocycles. The van der Waals surface area contributed by atoms with Crippen LogP contribution in [0.25, 0.3) is 34.4 Å². The lowest BCUT2D eigenvalue weighted by molar-refractivity contribution is -0.148. The Kier molecular flexibility index (Phi) is 40.7. The third-order valence-corrected chi connectivity index (χ3v) is 18.9. The number of aliphatic imine (C=N–C) groups is 2. The fraction of sp³-hybridized carbons (Fsp3) is 0.426. The van der Waals surface area contributed by atoms with E-state index in [1.807, 2.05) is 72.8 Å². The first-order valence-corrected chi connectivity index (χ1v) is 40.3. The number of rotatable bonds is 52.